The lowest BCUT2D eigenvalue weighted by Crippen LogP contribution is -2.44. The molecule has 0 aromatic rings. The Balaban J connectivity index is 2.94. The van der Waals surface area contributed by atoms with Gasteiger partial charge in [0.15, 0.2) is 5.78 Å². The Morgan fingerprint density at radius 3 is 2.38 bits per heavy atom. The fourth-order valence-electron chi connectivity index (χ4n) is 1.95. The molecule has 0 aromatic carbocycles. The maximum absolute atomic E-state index is 11.8. The van der Waals surface area contributed by atoms with E-state index in [4.69, 9.17) is 4.74 Å². The third kappa shape index (κ3) is 2.40. The number of allylic oxidation sites excluding steroid dienone is 2. The van der Waals surface area contributed by atoms with Gasteiger partial charge >= 0.3 is 5.97 Å². The normalized spacial score (nSPS) is 31.2. The molecule has 3 heteroatoms. The van der Waals surface area contributed by atoms with Crippen LogP contribution in [-0.2, 0) is 14.3 Å². The van der Waals surface area contributed by atoms with Crippen molar-refractivity contribution in [3.8, 4) is 0 Å². The lowest BCUT2D eigenvalue weighted by Gasteiger charge is -2.31. The van der Waals surface area contributed by atoms with E-state index in [2.05, 4.69) is 6.58 Å². The van der Waals surface area contributed by atoms with Gasteiger partial charge in [0, 0.05) is 0 Å². The number of ether oxygens (including phenoxy) is 1. The standard InChI is InChI=1S/C13H18O3/c1-7(2)6-8(3)12-9(4)11(14)10(5)13(15)16-12/h6,9-10,12H,1H2,2-5H3/b8-6+/t9-,10+,12+/m0/s1. The minimum atomic E-state index is -0.635. The Kier molecular flexibility index (Phi) is 3.68. The summed E-state index contributed by atoms with van der Waals surface area (Å²) in [6.07, 6.45) is 1.41. The molecule has 1 aliphatic rings. The molecule has 1 heterocycles. The number of carbonyl (C=O) groups excluding carboxylic acids is 2. The second-order valence-electron chi connectivity index (χ2n) is 4.50. The van der Waals surface area contributed by atoms with Gasteiger partial charge in [-0.2, -0.15) is 0 Å². The number of Topliss-reactive ketones (excluding diaryl/α,β-unsaturated/α-hetero) is 1. The lowest BCUT2D eigenvalue weighted by atomic mass is 9.85. The number of cyclic esters (lactones) is 1. The second-order valence-corrected chi connectivity index (χ2v) is 4.50. The van der Waals surface area contributed by atoms with Crippen molar-refractivity contribution in [3.63, 3.8) is 0 Å². The van der Waals surface area contributed by atoms with Gasteiger partial charge in [-0.25, -0.2) is 0 Å². The predicted molar refractivity (Wildman–Crippen MR) is 61.8 cm³/mol. The molecular weight excluding hydrogens is 204 g/mol. The van der Waals surface area contributed by atoms with Gasteiger partial charge in [-0.15, -0.1) is 0 Å². The SMILES string of the molecule is C=C(C)/C=C(\C)[C@H]1OC(=O)[C@H](C)C(=O)[C@@H]1C. The highest BCUT2D eigenvalue weighted by Crippen LogP contribution is 2.27. The molecule has 0 radical (unpaired) electrons. The molecule has 0 saturated carbocycles. The molecule has 0 N–H and O–H groups in total. The molecule has 1 saturated heterocycles. The maximum atomic E-state index is 11.8. The first-order valence-electron chi connectivity index (χ1n) is 5.42. The van der Waals surface area contributed by atoms with E-state index >= 15 is 0 Å². The molecule has 0 amide bonds. The lowest BCUT2D eigenvalue weighted by molar-refractivity contribution is -0.166. The number of hydrogen-bond donors (Lipinski definition) is 0. The van der Waals surface area contributed by atoms with Crippen LogP contribution in [0.4, 0.5) is 0 Å². The summed E-state index contributed by atoms with van der Waals surface area (Å²) in [5, 5.41) is 0. The van der Waals surface area contributed by atoms with E-state index in [1.54, 1.807) is 13.8 Å². The molecule has 1 fully saturated rings. The fraction of sp³-hybridized carbons (Fsp3) is 0.538. The van der Waals surface area contributed by atoms with E-state index in [0.717, 1.165) is 11.1 Å². The molecule has 0 aromatic heterocycles. The van der Waals surface area contributed by atoms with Crippen LogP contribution in [-0.4, -0.2) is 17.9 Å². The van der Waals surface area contributed by atoms with E-state index < -0.39 is 18.0 Å². The molecule has 0 spiro atoms. The molecule has 3 atom stereocenters. The Morgan fingerprint density at radius 1 is 1.31 bits per heavy atom. The highest BCUT2D eigenvalue weighted by molar-refractivity contribution is 6.02. The monoisotopic (exact) mass is 222 g/mol. The minimum absolute atomic E-state index is 0.0456. The van der Waals surface area contributed by atoms with E-state index in [1.807, 2.05) is 19.9 Å². The molecule has 0 aliphatic carbocycles. The third-order valence-corrected chi connectivity index (χ3v) is 2.85. The zero-order valence-corrected chi connectivity index (χ0v) is 10.2. The summed E-state index contributed by atoms with van der Waals surface area (Å²) in [6, 6.07) is 0. The number of esters is 1. The first-order chi connectivity index (χ1) is 7.34. The van der Waals surface area contributed by atoms with Gasteiger partial charge in [-0.1, -0.05) is 25.2 Å². The summed E-state index contributed by atoms with van der Waals surface area (Å²) >= 11 is 0. The summed E-state index contributed by atoms with van der Waals surface area (Å²) in [5.74, 6) is -1.38. The predicted octanol–water partition coefficient (Wildman–Crippen LogP) is 2.28. The van der Waals surface area contributed by atoms with Gasteiger partial charge in [-0.3, -0.25) is 9.59 Å². The van der Waals surface area contributed by atoms with E-state index in [9.17, 15) is 9.59 Å². The van der Waals surface area contributed by atoms with Crippen LogP contribution in [0.5, 0.6) is 0 Å². The highest BCUT2D eigenvalue weighted by Gasteiger charge is 2.40. The quantitative estimate of drug-likeness (QED) is 0.409. The average molecular weight is 222 g/mol. The molecule has 16 heavy (non-hydrogen) atoms. The van der Waals surface area contributed by atoms with Crippen molar-refractivity contribution in [2.75, 3.05) is 0 Å². The van der Waals surface area contributed by atoms with Crippen molar-refractivity contribution < 1.29 is 14.3 Å². The van der Waals surface area contributed by atoms with Crippen molar-refractivity contribution in [3.05, 3.63) is 23.8 Å². The Morgan fingerprint density at radius 2 is 1.88 bits per heavy atom. The first-order valence-corrected chi connectivity index (χ1v) is 5.42. The van der Waals surface area contributed by atoms with Gasteiger partial charge in [-0.05, 0) is 26.3 Å². The third-order valence-electron chi connectivity index (χ3n) is 2.85. The zero-order chi connectivity index (χ0) is 12.5. The Bertz CT molecular complexity index is 365. The van der Waals surface area contributed by atoms with Gasteiger partial charge in [0.2, 0.25) is 0 Å². The first kappa shape index (κ1) is 12.7. The maximum Gasteiger partial charge on any atom is 0.316 e. The van der Waals surface area contributed by atoms with Crippen LogP contribution in [0.15, 0.2) is 23.8 Å². The largest absolute Gasteiger partial charge is 0.457 e. The topological polar surface area (TPSA) is 43.4 Å². The fourth-order valence-corrected chi connectivity index (χ4v) is 1.95. The van der Waals surface area contributed by atoms with Crippen molar-refractivity contribution in [1.29, 1.82) is 0 Å². The van der Waals surface area contributed by atoms with Crippen LogP contribution >= 0.6 is 0 Å². The summed E-state index contributed by atoms with van der Waals surface area (Å²) in [6.45, 7) is 10.9. The smallest absolute Gasteiger partial charge is 0.316 e. The molecule has 0 bridgehead atoms. The molecular formula is C13H18O3. The molecule has 1 aliphatic heterocycles. The number of ketones is 1. The summed E-state index contributed by atoms with van der Waals surface area (Å²) in [5.41, 5.74) is 1.75. The Hall–Kier alpha value is -1.38. The van der Waals surface area contributed by atoms with Crippen LogP contribution in [0.3, 0.4) is 0 Å². The zero-order valence-electron chi connectivity index (χ0n) is 10.2. The van der Waals surface area contributed by atoms with Crippen molar-refractivity contribution >= 4 is 11.8 Å². The molecule has 3 nitrogen and oxygen atoms in total. The van der Waals surface area contributed by atoms with Gasteiger partial charge in [0.1, 0.15) is 12.0 Å². The van der Waals surface area contributed by atoms with Crippen molar-refractivity contribution in [1.82, 2.24) is 0 Å². The van der Waals surface area contributed by atoms with Crippen molar-refractivity contribution in [2.45, 2.75) is 33.8 Å². The van der Waals surface area contributed by atoms with Gasteiger partial charge < -0.3 is 4.74 Å². The number of rotatable bonds is 2. The molecule has 1 rings (SSSR count). The average Bonchev–Trinajstić information content (AvgIpc) is 2.19. The van der Waals surface area contributed by atoms with E-state index in [-0.39, 0.29) is 11.7 Å². The summed E-state index contributed by atoms with van der Waals surface area (Å²) in [4.78, 5) is 23.2. The minimum Gasteiger partial charge on any atom is -0.457 e. The Labute approximate surface area is 96.2 Å². The van der Waals surface area contributed by atoms with Gasteiger partial charge in [0.05, 0.1) is 5.92 Å². The van der Waals surface area contributed by atoms with Crippen molar-refractivity contribution in [2.24, 2.45) is 11.8 Å². The van der Waals surface area contributed by atoms with Crippen LogP contribution in [0.2, 0.25) is 0 Å². The van der Waals surface area contributed by atoms with Crippen LogP contribution in [0.1, 0.15) is 27.7 Å². The second kappa shape index (κ2) is 4.64. The van der Waals surface area contributed by atoms with Gasteiger partial charge in [0.25, 0.3) is 0 Å². The van der Waals surface area contributed by atoms with Crippen LogP contribution < -0.4 is 0 Å². The van der Waals surface area contributed by atoms with E-state index in [0.29, 0.717) is 0 Å². The number of carbonyl (C=O) groups is 2. The number of hydrogen-bond acceptors (Lipinski definition) is 3. The summed E-state index contributed by atoms with van der Waals surface area (Å²) in [7, 11) is 0. The van der Waals surface area contributed by atoms with Crippen LogP contribution in [0.25, 0.3) is 0 Å². The van der Waals surface area contributed by atoms with Crippen LogP contribution in [0, 0.1) is 11.8 Å². The summed E-state index contributed by atoms with van der Waals surface area (Å²) < 4.78 is 5.27. The highest BCUT2D eigenvalue weighted by atomic mass is 16.5. The van der Waals surface area contributed by atoms with E-state index in [1.165, 1.54) is 0 Å². The molecule has 0 unspecified atom stereocenters. The molecule has 88 valence electrons.